The molecule has 0 aromatic heterocycles. The van der Waals surface area contributed by atoms with E-state index in [4.69, 9.17) is 0 Å². The summed E-state index contributed by atoms with van der Waals surface area (Å²) in [5.41, 5.74) is 4.70. The van der Waals surface area contributed by atoms with E-state index in [1.807, 2.05) is 23.2 Å². The van der Waals surface area contributed by atoms with Crippen LogP contribution in [0.1, 0.15) is 38.7 Å². The summed E-state index contributed by atoms with van der Waals surface area (Å²) in [6, 6.07) is 10.6. The summed E-state index contributed by atoms with van der Waals surface area (Å²) in [4.78, 5) is 13.1. The van der Waals surface area contributed by atoms with Crippen LogP contribution in [0.2, 0.25) is 0 Å². The monoisotopic (exact) mass is 270 g/mol. The van der Waals surface area contributed by atoms with Gasteiger partial charge in [0.15, 0.2) is 0 Å². The Hall–Kier alpha value is -1.35. The van der Waals surface area contributed by atoms with E-state index in [2.05, 4.69) is 31.4 Å². The minimum atomic E-state index is -0.146. The highest BCUT2D eigenvalue weighted by Gasteiger charge is 2.71. The third kappa shape index (κ3) is 1.32. The van der Waals surface area contributed by atoms with E-state index >= 15 is 0 Å². The molecule has 2 saturated carbocycles. The van der Waals surface area contributed by atoms with E-state index in [9.17, 15) is 4.79 Å². The number of benzene rings is 1. The Morgan fingerprint density at radius 2 is 2.05 bits per heavy atom. The second-order valence-corrected chi connectivity index (χ2v) is 7.22. The van der Waals surface area contributed by atoms with Gasteiger partial charge < -0.3 is 0 Å². The fourth-order valence-electron chi connectivity index (χ4n) is 5.04. The van der Waals surface area contributed by atoms with Gasteiger partial charge >= 0.3 is 0 Å². The summed E-state index contributed by atoms with van der Waals surface area (Å²) in [6.45, 7) is 5.28. The Kier molecular flexibility index (Phi) is 2.39. The minimum Gasteiger partial charge on any atom is -0.273 e. The summed E-state index contributed by atoms with van der Waals surface area (Å²) in [7, 11) is 0. The van der Waals surface area contributed by atoms with E-state index in [0.29, 0.717) is 24.4 Å². The summed E-state index contributed by atoms with van der Waals surface area (Å²) in [5.74, 6) is 1.04. The lowest BCUT2D eigenvalue weighted by Crippen LogP contribution is -2.43. The quantitative estimate of drug-likeness (QED) is 0.896. The zero-order valence-electron chi connectivity index (χ0n) is 12.2. The van der Waals surface area contributed by atoms with E-state index in [-0.39, 0.29) is 10.8 Å². The van der Waals surface area contributed by atoms with Crippen molar-refractivity contribution in [3.63, 3.8) is 0 Å². The largest absolute Gasteiger partial charge is 0.273 e. The third-order valence-corrected chi connectivity index (χ3v) is 6.29. The summed E-state index contributed by atoms with van der Waals surface area (Å²) in [5, 5.41) is 1.88. The third-order valence-electron chi connectivity index (χ3n) is 6.29. The highest BCUT2D eigenvalue weighted by Crippen LogP contribution is 2.67. The fourth-order valence-corrected chi connectivity index (χ4v) is 5.04. The number of amides is 1. The Morgan fingerprint density at radius 3 is 2.70 bits per heavy atom. The van der Waals surface area contributed by atoms with Crippen LogP contribution in [-0.2, 0) is 11.3 Å². The standard InChI is InChI=1S/C17H22N2O/c1-16(2)13-8-9-17(16)14(10-13)18-19(15(17)20)11-12-6-4-3-5-7-12/h3-7,13-14,18H,8-11H2,1-2H3/t13-,14-,17+/m1/s1. The molecule has 2 aliphatic carbocycles. The molecule has 3 aliphatic rings. The molecule has 3 fully saturated rings. The smallest absolute Gasteiger partial charge is 0.245 e. The van der Waals surface area contributed by atoms with Gasteiger partial charge in [-0.3, -0.25) is 9.80 Å². The van der Waals surface area contributed by atoms with E-state index in [1.165, 1.54) is 12.0 Å². The minimum absolute atomic E-state index is 0.146. The predicted octanol–water partition coefficient (Wildman–Crippen LogP) is 2.73. The molecule has 1 aromatic carbocycles. The van der Waals surface area contributed by atoms with Crippen LogP contribution >= 0.6 is 0 Å². The van der Waals surface area contributed by atoms with Crippen LogP contribution in [0, 0.1) is 16.7 Å². The van der Waals surface area contributed by atoms with Crippen LogP contribution in [0.5, 0.6) is 0 Å². The van der Waals surface area contributed by atoms with Gasteiger partial charge in [0.25, 0.3) is 0 Å². The Balaban J connectivity index is 1.64. The number of nitrogens with zero attached hydrogens (tertiary/aromatic N) is 1. The van der Waals surface area contributed by atoms with Crippen LogP contribution in [0.15, 0.2) is 30.3 Å². The lowest BCUT2D eigenvalue weighted by Gasteiger charge is -2.35. The van der Waals surface area contributed by atoms with Gasteiger partial charge in [-0.05, 0) is 36.2 Å². The number of rotatable bonds is 2. The average Bonchev–Trinajstić information content (AvgIpc) is 2.95. The average molecular weight is 270 g/mol. The Morgan fingerprint density at radius 1 is 1.30 bits per heavy atom. The summed E-state index contributed by atoms with van der Waals surface area (Å²) < 4.78 is 0. The molecule has 0 unspecified atom stereocenters. The number of hydrogen-bond donors (Lipinski definition) is 1. The molecule has 106 valence electrons. The first-order chi connectivity index (χ1) is 9.55. The van der Waals surface area contributed by atoms with Gasteiger partial charge in [-0.1, -0.05) is 44.2 Å². The molecule has 3 nitrogen and oxygen atoms in total. The van der Waals surface area contributed by atoms with Gasteiger partial charge in [0.05, 0.1) is 12.0 Å². The van der Waals surface area contributed by atoms with Crippen LogP contribution in [0.3, 0.4) is 0 Å². The molecule has 3 heteroatoms. The molecular formula is C17H22N2O. The maximum absolute atomic E-state index is 13.1. The maximum Gasteiger partial charge on any atom is 0.245 e. The molecule has 2 bridgehead atoms. The number of nitrogens with one attached hydrogen (secondary N) is 1. The molecule has 1 spiro atoms. The van der Waals surface area contributed by atoms with Gasteiger partial charge in [0, 0.05) is 6.04 Å². The molecule has 4 rings (SSSR count). The molecule has 3 atom stereocenters. The Labute approximate surface area is 120 Å². The number of hydrogen-bond acceptors (Lipinski definition) is 2. The first-order valence-electron chi connectivity index (χ1n) is 7.68. The molecule has 1 aliphatic heterocycles. The summed E-state index contributed by atoms with van der Waals surface area (Å²) in [6.07, 6.45) is 3.44. The zero-order chi connectivity index (χ0) is 14.0. The van der Waals surface area contributed by atoms with Crippen LogP contribution < -0.4 is 5.43 Å². The molecule has 1 heterocycles. The molecule has 20 heavy (non-hydrogen) atoms. The SMILES string of the molecule is CC1(C)[C@@H]2CC[C@]13C(=O)N(Cc1ccccc1)N[C@@H]3C2. The lowest BCUT2D eigenvalue weighted by atomic mass is 9.68. The number of carbonyl (C=O) groups is 1. The van der Waals surface area contributed by atoms with Crippen LogP contribution in [0.4, 0.5) is 0 Å². The topological polar surface area (TPSA) is 32.3 Å². The van der Waals surface area contributed by atoms with Crippen LogP contribution in [0.25, 0.3) is 0 Å². The van der Waals surface area contributed by atoms with E-state index in [0.717, 1.165) is 12.8 Å². The number of hydrazine groups is 1. The van der Waals surface area contributed by atoms with Gasteiger partial charge in [-0.25, -0.2) is 5.43 Å². The first kappa shape index (κ1) is 12.4. The highest BCUT2D eigenvalue weighted by atomic mass is 16.2. The first-order valence-corrected chi connectivity index (χ1v) is 7.68. The van der Waals surface area contributed by atoms with E-state index in [1.54, 1.807) is 0 Å². The molecule has 1 N–H and O–H groups in total. The van der Waals surface area contributed by atoms with Crippen molar-refractivity contribution in [2.75, 3.05) is 0 Å². The zero-order valence-corrected chi connectivity index (χ0v) is 12.2. The maximum atomic E-state index is 13.1. The van der Waals surface area contributed by atoms with E-state index < -0.39 is 0 Å². The molecule has 0 radical (unpaired) electrons. The summed E-state index contributed by atoms with van der Waals surface area (Å²) >= 11 is 0. The molecule has 1 aromatic rings. The van der Waals surface area contributed by atoms with Crippen molar-refractivity contribution >= 4 is 5.91 Å². The Bertz CT molecular complexity index is 553. The normalized spacial score (nSPS) is 37.5. The fraction of sp³-hybridized carbons (Fsp3) is 0.588. The van der Waals surface area contributed by atoms with Gasteiger partial charge in [0.2, 0.25) is 5.91 Å². The molecule has 1 saturated heterocycles. The van der Waals surface area contributed by atoms with Crippen molar-refractivity contribution in [1.29, 1.82) is 0 Å². The lowest BCUT2D eigenvalue weighted by molar-refractivity contribution is -0.141. The number of carbonyl (C=O) groups excluding carboxylic acids is 1. The predicted molar refractivity (Wildman–Crippen MR) is 77.5 cm³/mol. The van der Waals surface area contributed by atoms with Gasteiger partial charge in [-0.2, -0.15) is 0 Å². The number of fused-ring (bicyclic) bond motifs is 1. The van der Waals surface area contributed by atoms with Crippen LogP contribution in [-0.4, -0.2) is 17.0 Å². The van der Waals surface area contributed by atoms with Crippen molar-refractivity contribution < 1.29 is 4.79 Å². The van der Waals surface area contributed by atoms with Crippen molar-refractivity contribution in [3.8, 4) is 0 Å². The second-order valence-electron chi connectivity index (χ2n) is 7.22. The van der Waals surface area contributed by atoms with Gasteiger partial charge in [0.1, 0.15) is 0 Å². The molecule has 1 amide bonds. The van der Waals surface area contributed by atoms with Crippen molar-refractivity contribution in [2.24, 2.45) is 16.7 Å². The van der Waals surface area contributed by atoms with Crippen molar-refractivity contribution in [2.45, 2.75) is 45.7 Å². The van der Waals surface area contributed by atoms with Crippen molar-refractivity contribution in [1.82, 2.24) is 10.4 Å². The second kappa shape index (κ2) is 3.85. The van der Waals surface area contributed by atoms with Crippen molar-refractivity contribution in [3.05, 3.63) is 35.9 Å². The van der Waals surface area contributed by atoms with Gasteiger partial charge in [-0.15, -0.1) is 0 Å². The highest BCUT2D eigenvalue weighted by molar-refractivity contribution is 5.87. The molecular weight excluding hydrogens is 248 g/mol.